The number of ether oxygens (including phenoxy) is 6. The largest absolute Gasteiger partial charge is 0.464 e. The first kappa shape index (κ1) is 37.6. The Morgan fingerprint density at radius 2 is 1.40 bits per heavy atom. The molecule has 1 N–H and O–H groups in total. The fraction of sp³-hybridized carbons (Fsp3) is 0.800. The predicted molar refractivity (Wildman–Crippen MR) is 171 cm³/mol. The summed E-state index contributed by atoms with van der Waals surface area (Å²) in [6, 6.07) is 1.19. The van der Waals surface area contributed by atoms with Gasteiger partial charge in [0.05, 0.1) is 19.8 Å². The summed E-state index contributed by atoms with van der Waals surface area (Å²) in [7, 11) is -6.13. The lowest BCUT2D eigenvalue weighted by atomic mass is 10.1. The lowest BCUT2D eigenvalue weighted by molar-refractivity contribution is -0.281. The predicted octanol–water partition coefficient (Wildman–Crippen LogP) is 2.97. The molecule has 15 nitrogen and oxygen atoms in total. The van der Waals surface area contributed by atoms with Crippen LogP contribution in [0.5, 0.6) is 0 Å². The van der Waals surface area contributed by atoms with Crippen LogP contribution in [0.1, 0.15) is 75.5 Å². The maximum absolute atomic E-state index is 13.1. The van der Waals surface area contributed by atoms with Gasteiger partial charge in [-0.3, -0.25) is 14.3 Å². The van der Waals surface area contributed by atoms with E-state index in [4.69, 9.17) is 41.4 Å². The van der Waals surface area contributed by atoms with Crippen LogP contribution in [0, 0.1) is 0 Å². The van der Waals surface area contributed by atoms with Crippen LogP contribution in [0.2, 0.25) is 22.2 Å². The molecule has 3 aliphatic heterocycles. The normalized spacial score (nSPS) is 29.2. The van der Waals surface area contributed by atoms with Crippen molar-refractivity contribution in [2.75, 3.05) is 19.8 Å². The molecule has 0 aliphatic carbocycles. The molecule has 3 aliphatic rings. The number of H-pyrrole nitrogens is 1. The van der Waals surface area contributed by atoms with Gasteiger partial charge in [-0.05, 0) is 36.0 Å². The van der Waals surface area contributed by atoms with E-state index in [2.05, 4.69) is 60.4 Å². The van der Waals surface area contributed by atoms with Gasteiger partial charge in [-0.15, -0.1) is 0 Å². The standard InChI is InChI=1S/C30H50N2O13Si2/c1-11-37-27(34)24-25(28(35)38-12-2)43-30(42-24)41-23-22-20(40-26(23)32-14-13-21(33)31-29(32)36)15-39-46(16(3)4,17(5)6)45-47(44-22,18(7)8)19(9)10/h13-14,16-20,22-26,30H,11-12,15H2,1-10H3,(H,31,33,36)/t20-,22-,23-,24-,25-,26-/m0/s1. The molecule has 3 fully saturated rings. The lowest BCUT2D eigenvalue weighted by Gasteiger charge is -2.51. The summed E-state index contributed by atoms with van der Waals surface area (Å²) in [5, 5.41) is 0. The minimum Gasteiger partial charge on any atom is -0.464 e. The zero-order valence-electron chi connectivity index (χ0n) is 28.9. The number of hydrogen-bond acceptors (Lipinski definition) is 13. The van der Waals surface area contributed by atoms with Crippen LogP contribution in [0.3, 0.4) is 0 Å². The number of carbonyl (C=O) groups excluding carboxylic acids is 2. The Morgan fingerprint density at radius 1 is 0.872 bits per heavy atom. The number of nitrogens with one attached hydrogen (secondary N) is 1. The summed E-state index contributed by atoms with van der Waals surface area (Å²) in [5.41, 5.74) is -1.24. The summed E-state index contributed by atoms with van der Waals surface area (Å²) in [6.07, 6.45) is -5.55. The minimum atomic E-state index is -3.20. The summed E-state index contributed by atoms with van der Waals surface area (Å²) >= 11 is 0. The van der Waals surface area contributed by atoms with Gasteiger partial charge in [0.1, 0.15) is 18.3 Å². The summed E-state index contributed by atoms with van der Waals surface area (Å²) in [4.78, 5) is 52.9. The second kappa shape index (κ2) is 15.1. The molecular weight excluding hydrogens is 653 g/mol. The molecule has 47 heavy (non-hydrogen) atoms. The number of carbonyl (C=O) groups is 2. The first-order chi connectivity index (χ1) is 22.1. The molecule has 0 unspecified atom stereocenters. The Hall–Kier alpha value is -2.23. The van der Waals surface area contributed by atoms with Crippen molar-refractivity contribution in [3.63, 3.8) is 0 Å². The van der Waals surface area contributed by atoms with E-state index in [1.807, 2.05) is 0 Å². The number of esters is 2. The van der Waals surface area contributed by atoms with Gasteiger partial charge in [0.2, 0.25) is 0 Å². The number of nitrogens with zero attached hydrogens (tertiary/aromatic N) is 1. The molecular formula is C30H50N2O13Si2. The van der Waals surface area contributed by atoms with E-state index in [9.17, 15) is 19.2 Å². The number of hydrogen-bond donors (Lipinski definition) is 1. The molecule has 6 atom stereocenters. The van der Waals surface area contributed by atoms with E-state index in [1.54, 1.807) is 13.8 Å². The van der Waals surface area contributed by atoms with Crippen molar-refractivity contribution in [2.45, 2.75) is 135 Å². The number of aromatic amines is 1. The van der Waals surface area contributed by atoms with Crippen molar-refractivity contribution in [2.24, 2.45) is 0 Å². The monoisotopic (exact) mass is 702 g/mol. The molecule has 4 heterocycles. The topological polar surface area (TPSA) is 172 Å². The average molecular weight is 703 g/mol. The molecule has 0 spiro atoms. The molecule has 0 aromatic carbocycles. The first-order valence-corrected chi connectivity index (χ1v) is 20.3. The van der Waals surface area contributed by atoms with Crippen LogP contribution in [0.15, 0.2) is 21.9 Å². The summed E-state index contributed by atoms with van der Waals surface area (Å²) < 4.78 is 57.2. The molecule has 17 heteroatoms. The van der Waals surface area contributed by atoms with Crippen molar-refractivity contribution in [3.8, 4) is 0 Å². The third-order valence-electron chi connectivity index (χ3n) is 8.84. The van der Waals surface area contributed by atoms with Crippen LogP contribution < -0.4 is 11.2 Å². The van der Waals surface area contributed by atoms with Gasteiger partial charge in [0, 0.05) is 12.3 Å². The minimum absolute atomic E-state index is 0.0369. The molecule has 4 rings (SSSR count). The third-order valence-corrected chi connectivity index (χ3v) is 19.1. The van der Waals surface area contributed by atoms with Gasteiger partial charge in [0.15, 0.2) is 18.4 Å². The summed E-state index contributed by atoms with van der Waals surface area (Å²) in [6.45, 7) is 18.5. The van der Waals surface area contributed by atoms with Crippen LogP contribution in [-0.4, -0.2) is 95.4 Å². The van der Waals surface area contributed by atoms with Crippen molar-refractivity contribution in [1.82, 2.24) is 9.55 Å². The quantitative estimate of drug-likeness (QED) is 0.264. The Balaban J connectivity index is 1.80. The molecule has 0 saturated carbocycles. The van der Waals surface area contributed by atoms with Gasteiger partial charge < -0.3 is 41.4 Å². The van der Waals surface area contributed by atoms with Gasteiger partial charge in [0.25, 0.3) is 12.0 Å². The molecule has 266 valence electrons. The number of fused-ring (bicyclic) bond motifs is 1. The van der Waals surface area contributed by atoms with E-state index in [1.165, 1.54) is 16.8 Å². The van der Waals surface area contributed by atoms with Crippen molar-refractivity contribution >= 4 is 29.1 Å². The average Bonchev–Trinajstić information content (AvgIpc) is 3.54. The zero-order valence-corrected chi connectivity index (χ0v) is 30.9. The van der Waals surface area contributed by atoms with E-state index < -0.39 is 83.5 Å². The van der Waals surface area contributed by atoms with Crippen molar-refractivity contribution in [3.05, 3.63) is 33.1 Å². The second-order valence-corrected chi connectivity index (χ2v) is 22.0. The molecule has 0 radical (unpaired) electrons. The highest BCUT2D eigenvalue weighted by Gasteiger charge is 2.63. The fourth-order valence-electron chi connectivity index (χ4n) is 6.53. The number of rotatable bonds is 11. The maximum atomic E-state index is 13.1. The Bertz CT molecular complexity index is 1320. The molecule has 3 saturated heterocycles. The van der Waals surface area contributed by atoms with E-state index in [0.29, 0.717) is 0 Å². The fourth-order valence-corrected chi connectivity index (χ4v) is 17.7. The van der Waals surface area contributed by atoms with Crippen molar-refractivity contribution < 1.29 is 51.0 Å². The van der Waals surface area contributed by atoms with Crippen LogP contribution >= 0.6 is 0 Å². The highest BCUT2D eigenvalue weighted by Crippen LogP contribution is 2.49. The van der Waals surface area contributed by atoms with E-state index in [-0.39, 0.29) is 42.0 Å². The molecule has 0 amide bonds. The summed E-state index contributed by atoms with van der Waals surface area (Å²) in [5.74, 6) is -1.66. The molecule has 0 bridgehead atoms. The SMILES string of the molecule is CCOC(=O)[C@H]1OC(O[C@H]2[C@H]3O[Si](C(C)C)(C(C)C)O[Si](C(C)C)(C(C)C)OC[C@@H]3O[C@@H]2n2ccc(=O)[nH]c2=O)O[C@@H]1C(=O)OCC. The van der Waals surface area contributed by atoms with Gasteiger partial charge in [-0.1, -0.05) is 55.4 Å². The highest BCUT2D eigenvalue weighted by molar-refractivity contribution is 6.84. The van der Waals surface area contributed by atoms with Gasteiger partial charge >= 0.3 is 34.8 Å². The Labute approximate surface area is 276 Å². The van der Waals surface area contributed by atoms with Gasteiger partial charge in [-0.25, -0.2) is 14.4 Å². The Kier molecular flexibility index (Phi) is 12.1. The third kappa shape index (κ3) is 7.37. The zero-order chi connectivity index (χ0) is 34.8. The second-order valence-electron chi connectivity index (χ2n) is 13.1. The van der Waals surface area contributed by atoms with Crippen LogP contribution in [-0.2, 0) is 51.0 Å². The van der Waals surface area contributed by atoms with Crippen LogP contribution in [0.4, 0.5) is 0 Å². The number of aromatic nitrogens is 2. The highest BCUT2D eigenvalue weighted by atomic mass is 28.5. The lowest BCUT2D eigenvalue weighted by Crippen LogP contribution is -2.66. The van der Waals surface area contributed by atoms with Crippen molar-refractivity contribution in [1.29, 1.82) is 0 Å². The van der Waals surface area contributed by atoms with E-state index in [0.717, 1.165) is 0 Å². The first-order valence-electron chi connectivity index (χ1n) is 16.4. The molecule has 1 aromatic rings. The smallest absolute Gasteiger partial charge is 0.338 e. The van der Waals surface area contributed by atoms with Crippen LogP contribution in [0.25, 0.3) is 0 Å². The van der Waals surface area contributed by atoms with Gasteiger partial charge in [-0.2, -0.15) is 0 Å². The molecule has 1 aromatic heterocycles. The Morgan fingerprint density at radius 3 is 1.87 bits per heavy atom. The maximum Gasteiger partial charge on any atom is 0.338 e. The van der Waals surface area contributed by atoms with E-state index >= 15 is 0 Å².